The molecule has 0 amide bonds. The largest absolute Gasteiger partial charge is 0.309 e. The van der Waals surface area contributed by atoms with Gasteiger partial charge in [0.1, 0.15) is 0 Å². The fraction of sp³-hybridized carbons (Fsp3) is 0. The van der Waals surface area contributed by atoms with E-state index < -0.39 is 0 Å². The van der Waals surface area contributed by atoms with E-state index >= 15 is 0 Å². The summed E-state index contributed by atoms with van der Waals surface area (Å²) in [5.41, 5.74) is 18.9. The maximum atomic E-state index is 2.46. The van der Waals surface area contributed by atoms with Crippen LogP contribution in [0.5, 0.6) is 0 Å². The molecule has 0 aliphatic heterocycles. The van der Waals surface area contributed by atoms with E-state index in [1.807, 2.05) is 0 Å². The third-order valence-electron chi connectivity index (χ3n) is 12.5. The van der Waals surface area contributed by atoms with Gasteiger partial charge in [0.2, 0.25) is 0 Å². The van der Waals surface area contributed by atoms with Gasteiger partial charge in [-0.2, -0.15) is 0 Å². The van der Waals surface area contributed by atoms with Gasteiger partial charge in [0.15, 0.2) is 0 Å². The Bertz CT molecular complexity index is 3480. The molecule has 2 heterocycles. The van der Waals surface area contributed by atoms with E-state index in [4.69, 9.17) is 0 Å². The molecule has 290 valence electrons. The molecule has 0 spiro atoms. The third-order valence-corrected chi connectivity index (χ3v) is 12.5. The molecule has 62 heavy (non-hydrogen) atoms. The summed E-state index contributed by atoms with van der Waals surface area (Å²) in [6.45, 7) is 0. The first-order valence-corrected chi connectivity index (χ1v) is 21.3. The van der Waals surface area contributed by atoms with Crippen LogP contribution < -0.4 is 0 Å². The Morgan fingerprint density at radius 3 is 0.984 bits per heavy atom. The van der Waals surface area contributed by atoms with Gasteiger partial charge in [0.05, 0.1) is 22.1 Å². The predicted molar refractivity (Wildman–Crippen MR) is 262 cm³/mol. The Morgan fingerprint density at radius 1 is 0.177 bits per heavy atom. The molecule has 0 fully saturated rings. The minimum absolute atomic E-state index is 1.14. The lowest BCUT2D eigenvalue weighted by molar-refractivity contribution is 1.18. The molecule has 0 aliphatic carbocycles. The van der Waals surface area contributed by atoms with E-state index in [1.54, 1.807) is 0 Å². The average Bonchev–Trinajstić information content (AvgIpc) is 3.87. The monoisotopic (exact) mass is 788 g/mol. The number of aromatic nitrogens is 2. The van der Waals surface area contributed by atoms with E-state index in [9.17, 15) is 0 Å². The Labute approximate surface area is 360 Å². The highest BCUT2D eigenvalue weighted by Gasteiger charge is 2.18. The number of hydrogen-bond acceptors (Lipinski definition) is 0. The lowest BCUT2D eigenvalue weighted by Crippen LogP contribution is -1.96. The van der Waals surface area contributed by atoms with Crippen LogP contribution in [0.1, 0.15) is 0 Å². The molecule has 12 aromatic rings. The second kappa shape index (κ2) is 14.8. The van der Waals surface area contributed by atoms with E-state index in [0.29, 0.717) is 0 Å². The van der Waals surface area contributed by atoms with E-state index in [0.717, 1.165) is 11.4 Å². The van der Waals surface area contributed by atoms with Crippen LogP contribution >= 0.6 is 0 Å². The Kier molecular flexibility index (Phi) is 8.53. The minimum atomic E-state index is 1.14. The van der Waals surface area contributed by atoms with Crippen LogP contribution in [0.2, 0.25) is 0 Å². The molecule has 0 atom stereocenters. The number of hydrogen-bond donors (Lipinski definition) is 0. The number of rotatable bonds is 7. The van der Waals surface area contributed by atoms with Gasteiger partial charge in [-0.15, -0.1) is 0 Å². The molecule has 0 radical (unpaired) electrons. The molecule has 0 saturated heterocycles. The molecule has 0 N–H and O–H groups in total. The molecule has 12 rings (SSSR count). The van der Waals surface area contributed by atoms with E-state index in [2.05, 4.69) is 252 Å². The molecule has 0 saturated carbocycles. The molecule has 10 aromatic carbocycles. The van der Waals surface area contributed by atoms with Crippen molar-refractivity contribution in [3.8, 4) is 67.0 Å². The zero-order chi connectivity index (χ0) is 41.0. The van der Waals surface area contributed by atoms with Gasteiger partial charge in [-0.05, 0) is 122 Å². The second-order valence-corrected chi connectivity index (χ2v) is 16.2. The third kappa shape index (κ3) is 6.12. The molecule has 0 unspecified atom stereocenters. The summed E-state index contributed by atoms with van der Waals surface area (Å²) in [6, 6.07) is 88.5. The van der Waals surface area contributed by atoms with Crippen LogP contribution in [-0.4, -0.2) is 9.13 Å². The summed E-state index contributed by atoms with van der Waals surface area (Å²) in [7, 11) is 0. The van der Waals surface area contributed by atoms with Crippen LogP contribution in [0.25, 0.3) is 111 Å². The van der Waals surface area contributed by atoms with Crippen LogP contribution in [0.3, 0.4) is 0 Å². The summed E-state index contributed by atoms with van der Waals surface area (Å²) in [5.74, 6) is 0. The highest BCUT2D eigenvalue weighted by molar-refractivity contribution is 6.12. The standard InChI is InChI=1S/C60H40N2/c1-5-17-41(18-6-1)47-33-48(42-19-7-2-8-20-42)36-51(35-47)61-58-28-16-14-26-54(58)56-39-45(30-32-59(56)61)46-29-31-55-53-25-13-15-27-57(53)62(60(55)40-46)52-37-49(43-21-9-3-10-22-43)34-50(38-52)44-23-11-4-12-24-44/h1-40H. The minimum Gasteiger partial charge on any atom is -0.309 e. The van der Waals surface area contributed by atoms with Crippen molar-refractivity contribution in [2.24, 2.45) is 0 Å². The Morgan fingerprint density at radius 2 is 0.516 bits per heavy atom. The second-order valence-electron chi connectivity index (χ2n) is 16.2. The highest BCUT2D eigenvalue weighted by atomic mass is 15.0. The summed E-state index contributed by atoms with van der Waals surface area (Å²) in [6.07, 6.45) is 0. The predicted octanol–water partition coefficient (Wildman–Crippen LogP) is 16.2. The normalized spacial score (nSPS) is 11.5. The van der Waals surface area contributed by atoms with Crippen molar-refractivity contribution >= 4 is 43.6 Å². The molecular weight excluding hydrogens is 749 g/mol. The highest BCUT2D eigenvalue weighted by Crippen LogP contribution is 2.41. The van der Waals surface area contributed by atoms with Crippen LogP contribution in [0.4, 0.5) is 0 Å². The quantitative estimate of drug-likeness (QED) is 0.152. The van der Waals surface area contributed by atoms with Crippen LogP contribution in [0.15, 0.2) is 243 Å². The van der Waals surface area contributed by atoms with Gasteiger partial charge in [0, 0.05) is 32.9 Å². The van der Waals surface area contributed by atoms with Gasteiger partial charge in [-0.1, -0.05) is 176 Å². The maximum absolute atomic E-state index is 2.46. The number of fused-ring (bicyclic) bond motifs is 6. The SMILES string of the molecule is c1ccc(-c2cc(-c3ccccc3)cc(-n3c4ccccc4c4cc(-c5ccc6c7ccccc7n(-c7cc(-c8ccccc8)cc(-c8ccccc8)c7)c6c5)ccc43)c2)cc1. The number of para-hydroxylation sites is 2. The van der Waals surface area contributed by atoms with Crippen molar-refractivity contribution in [2.75, 3.05) is 0 Å². The van der Waals surface area contributed by atoms with Gasteiger partial charge >= 0.3 is 0 Å². The molecule has 0 bridgehead atoms. The van der Waals surface area contributed by atoms with Gasteiger partial charge in [-0.25, -0.2) is 0 Å². The van der Waals surface area contributed by atoms with E-state index in [1.165, 1.54) is 99.2 Å². The maximum Gasteiger partial charge on any atom is 0.0547 e. The smallest absolute Gasteiger partial charge is 0.0547 e. The van der Waals surface area contributed by atoms with Crippen LogP contribution in [0, 0.1) is 0 Å². The Hall–Kier alpha value is -8.20. The molecule has 0 aliphatic rings. The van der Waals surface area contributed by atoms with Crippen molar-refractivity contribution in [3.63, 3.8) is 0 Å². The first-order valence-electron chi connectivity index (χ1n) is 21.3. The topological polar surface area (TPSA) is 9.86 Å². The van der Waals surface area contributed by atoms with Gasteiger partial charge in [0.25, 0.3) is 0 Å². The fourth-order valence-electron chi connectivity index (χ4n) is 9.53. The van der Waals surface area contributed by atoms with Gasteiger partial charge < -0.3 is 9.13 Å². The molecule has 2 nitrogen and oxygen atoms in total. The summed E-state index contributed by atoms with van der Waals surface area (Å²) < 4.78 is 4.90. The van der Waals surface area contributed by atoms with Crippen molar-refractivity contribution in [3.05, 3.63) is 243 Å². The lowest BCUT2D eigenvalue weighted by Gasteiger charge is -2.15. The Balaban J connectivity index is 1.05. The summed E-state index contributed by atoms with van der Waals surface area (Å²) in [5, 5.41) is 4.94. The van der Waals surface area contributed by atoms with Crippen molar-refractivity contribution in [1.29, 1.82) is 0 Å². The van der Waals surface area contributed by atoms with E-state index in [-0.39, 0.29) is 0 Å². The zero-order valence-corrected chi connectivity index (χ0v) is 34.0. The zero-order valence-electron chi connectivity index (χ0n) is 34.0. The van der Waals surface area contributed by atoms with Crippen molar-refractivity contribution in [2.45, 2.75) is 0 Å². The molecule has 2 heteroatoms. The van der Waals surface area contributed by atoms with Crippen molar-refractivity contribution < 1.29 is 0 Å². The van der Waals surface area contributed by atoms with Crippen molar-refractivity contribution in [1.82, 2.24) is 9.13 Å². The molecule has 2 aromatic heterocycles. The average molecular weight is 789 g/mol. The fourth-order valence-corrected chi connectivity index (χ4v) is 9.53. The number of benzene rings is 10. The summed E-state index contributed by atoms with van der Waals surface area (Å²) in [4.78, 5) is 0. The molecular formula is C60H40N2. The first kappa shape index (κ1) is 35.7. The summed E-state index contributed by atoms with van der Waals surface area (Å²) >= 11 is 0. The van der Waals surface area contributed by atoms with Crippen LogP contribution in [-0.2, 0) is 0 Å². The number of nitrogens with zero attached hydrogens (tertiary/aromatic N) is 2. The first-order chi connectivity index (χ1) is 30.7. The lowest BCUT2D eigenvalue weighted by atomic mass is 9.97. The van der Waals surface area contributed by atoms with Gasteiger partial charge in [-0.3, -0.25) is 0 Å².